The van der Waals surface area contributed by atoms with E-state index in [2.05, 4.69) is 19.1 Å². The summed E-state index contributed by atoms with van der Waals surface area (Å²) in [7, 11) is 1.66. The molecule has 0 atom stereocenters. The Kier molecular flexibility index (Phi) is 5.18. The van der Waals surface area contributed by atoms with Crippen LogP contribution in [0.2, 0.25) is 5.02 Å². The van der Waals surface area contributed by atoms with Crippen LogP contribution in [0.25, 0.3) is 22.3 Å². The third-order valence-electron chi connectivity index (χ3n) is 4.67. The number of fused-ring (bicyclic) bond motifs is 1. The van der Waals surface area contributed by atoms with E-state index in [4.69, 9.17) is 25.7 Å². The maximum absolute atomic E-state index is 6.20. The maximum atomic E-state index is 6.20. The Morgan fingerprint density at radius 1 is 0.929 bits per heavy atom. The molecule has 4 heteroatoms. The highest BCUT2D eigenvalue weighted by molar-refractivity contribution is 6.30. The average molecular weight is 390 g/mol. The van der Waals surface area contributed by atoms with Gasteiger partial charge in [0.05, 0.1) is 18.2 Å². The van der Waals surface area contributed by atoms with Gasteiger partial charge in [-0.2, -0.15) is 0 Å². The van der Waals surface area contributed by atoms with Crippen molar-refractivity contribution in [2.75, 3.05) is 7.11 Å². The van der Waals surface area contributed by atoms with Crippen LogP contribution >= 0.6 is 11.6 Å². The number of benzene rings is 3. The molecular formula is C24H20ClNO2. The molecule has 1 aromatic heterocycles. The average Bonchev–Trinajstić information content (AvgIpc) is 2.75. The number of nitrogens with zero attached hydrogens (tertiary/aromatic N) is 1. The molecule has 0 N–H and O–H groups in total. The molecule has 0 spiro atoms. The zero-order chi connectivity index (χ0) is 19.5. The van der Waals surface area contributed by atoms with E-state index in [9.17, 15) is 0 Å². The van der Waals surface area contributed by atoms with Gasteiger partial charge in [-0.15, -0.1) is 0 Å². The zero-order valence-electron chi connectivity index (χ0n) is 15.8. The van der Waals surface area contributed by atoms with Crippen molar-refractivity contribution in [2.24, 2.45) is 4.99 Å². The Morgan fingerprint density at radius 3 is 2.36 bits per heavy atom. The van der Waals surface area contributed by atoms with Gasteiger partial charge in [0.25, 0.3) is 0 Å². The lowest BCUT2D eigenvalue weighted by Gasteiger charge is -2.07. The van der Waals surface area contributed by atoms with Crippen molar-refractivity contribution < 1.29 is 9.15 Å². The van der Waals surface area contributed by atoms with Crippen LogP contribution in [0.3, 0.4) is 0 Å². The van der Waals surface area contributed by atoms with E-state index in [1.807, 2.05) is 60.7 Å². The van der Waals surface area contributed by atoms with E-state index in [0.29, 0.717) is 5.02 Å². The number of methoxy groups -OCH3 is 1. The van der Waals surface area contributed by atoms with Crippen molar-refractivity contribution in [1.82, 2.24) is 0 Å². The summed E-state index contributed by atoms with van der Waals surface area (Å²) in [6, 6.07) is 23.6. The van der Waals surface area contributed by atoms with Crippen LogP contribution in [0.1, 0.15) is 12.5 Å². The fourth-order valence-corrected chi connectivity index (χ4v) is 3.21. The van der Waals surface area contributed by atoms with Gasteiger partial charge in [-0.3, -0.25) is 0 Å². The predicted molar refractivity (Wildman–Crippen MR) is 114 cm³/mol. The quantitative estimate of drug-likeness (QED) is 0.396. The molecular weight excluding hydrogens is 370 g/mol. The molecule has 0 bridgehead atoms. The summed E-state index contributed by atoms with van der Waals surface area (Å²) in [5.41, 5.74) is 3.86. The smallest absolute Gasteiger partial charge is 0.136 e. The van der Waals surface area contributed by atoms with E-state index in [-0.39, 0.29) is 0 Å². The summed E-state index contributed by atoms with van der Waals surface area (Å²) < 4.78 is 11.4. The molecule has 0 aliphatic rings. The first-order valence-corrected chi connectivity index (χ1v) is 9.55. The van der Waals surface area contributed by atoms with Gasteiger partial charge in [-0.05, 0) is 72.6 Å². The molecule has 3 nitrogen and oxygen atoms in total. The minimum atomic E-state index is 0.694. The van der Waals surface area contributed by atoms with Gasteiger partial charge in [-0.25, -0.2) is 4.99 Å². The summed E-state index contributed by atoms with van der Waals surface area (Å²) in [4.78, 5) is 4.86. The van der Waals surface area contributed by atoms with Gasteiger partial charge in [0.15, 0.2) is 0 Å². The molecule has 4 aromatic rings. The van der Waals surface area contributed by atoms with E-state index in [0.717, 1.165) is 45.5 Å². The fourth-order valence-electron chi connectivity index (χ4n) is 3.08. The molecule has 0 saturated heterocycles. The number of hydrogen-bond acceptors (Lipinski definition) is 3. The molecule has 28 heavy (non-hydrogen) atoms. The van der Waals surface area contributed by atoms with Crippen molar-refractivity contribution in [3.8, 4) is 17.1 Å². The molecule has 140 valence electrons. The van der Waals surface area contributed by atoms with Crippen LogP contribution in [0, 0.1) is 0 Å². The van der Waals surface area contributed by atoms with Crippen LogP contribution in [0.4, 0.5) is 5.69 Å². The minimum absolute atomic E-state index is 0.694. The molecule has 0 amide bonds. The van der Waals surface area contributed by atoms with Crippen LogP contribution < -0.4 is 10.1 Å². The van der Waals surface area contributed by atoms with E-state index in [1.165, 1.54) is 5.56 Å². The standard InChI is InChI=1S/C24H20ClNO2/c1-3-16-4-13-23-21(14-16)22(26-19-9-7-18(25)8-10-19)15-24(28-23)17-5-11-20(27-2)12-6-17/h4-15H,3H2,1-2H3. The van der Waals surface area contributed by atoms with Gasteiger partial charge in [0.2, 0.25) is 0 Å². The topological polar surface area (TPSA) is 34.7 Å². The summed E-state index contributed by atoms with van der Waals surface area (Å²) in [5.74, 6) is 1.57. The van der Waals surface area contributed by atoms with Gasteiger partial charge < -0.3 is 9.15 Å². The molecule has 0 fully saturated rings. The molecule has 0 saturated carbocycles. The first-order chi connectivity index (χ1) is 13.7. The lowest BCUT2D eigenvalue weighted by atomic mass is 10.1. The van der Waals surface area contributed by atoms with Gasteiger partial charge >= 0.3 is 0 Å². The Hall–Kier alpha value is -3.04. The van der Waals surface area contributed by atoms with Gasteiger partial charge in [0, 0.05) is 22.0 Å². The number of ether oxygens (including phenoxy) is 1. The first-order valence-electron chi connectivity index (χ1n) is 9.18. The molecule has 0 unspecified atom stereocenters. The second-order valence-electron chi connectivity index (χ2n) is 6.50. The number of halogens is 1. The SMILES string of the molecule is CCc1ccc2oc(-c3ccc(OC)cc3)cc(=Nc3ccc(Cl)cc3)c2c1. The third-order valence-corrected chi connectivity index (χ3v) is 4.92. The van der Waals surface area contributed by atoms with Crippen LogP contribution in [-0.4, -0.2) is 7.11 Å². The lowest BCUT2D eigenvalue weighted by Crippen LogP contribution is -2.04. The third kappa shape index (κ3) is 3.80. The molecule has 0 aliphatic heterocycles. The Morgan fingerprint density at radius 2 is 1.68 bits per heavy atom. The van der Waals surface area contributed by atoms with Crippen molar-refractivity contribution >= 4 is 28.3 Å². The Bertz CT molecular complexity index is 1180. The van der Waals surface area contributed by atoms with Crippen molar-refractivity contribution in [3.63, 3.8) is 0 Å². The Labute approximate surface area is 168 Å². The largest absolute Gasteiger partial charge is 0.497 e. The summed E-state index contributed by atoms with van der Waals surface area (Å²) in [6.45, 7) is 2.14. The second kappa shape index (κ2) is 7.91. The van der Waals surface area contributed by atoms with Crippen molar-refractivity contribution in [1.29, 1.82) is 0 Å². The second-order valence-corrected chi connectivity index (χ2v) is 6.93. The minimum Gasteiger partial charge on any atom is -0.497 e. The molecule has 1 heterocycles. The lowest BCUT2D eigenvalue weighted by molar-refractivity contribution is 0.415. The summed E-state index contributed by atoms with van der Waals surface area (Å²) >= 11 is 6.01. The van der Waals surface area contributed by atoms with Gasteiger partial charge in [0.1, 0.15) is 17.1 Å². The van der Waals surface area contributed by atoms with Gasteiger partial charge in [-0.1, -0.05) is 24.6 Å². The highest BCUT2D eigenvalue weighted by atomic mass is 35.5. The number of aryl methyl sites for hydroxylation is 1. The molecule has 3 aromatic carbocycles. The first kappa shape index (κ1) is 18.3. The summed E-state index contributed by atoms with van der Waals surface area (Å²) in [5, 5.41) is 2.55. The Balaban J connectivity index is 1.94. The predicted octanol–water partition coefficient (Wildman–Crippen LogP) is 6.56. The van der Waals surface area contributed by atoms with E-state index >= 15 is 0 Å². The van der Waals surface area contributed by atoms with Crippen molar-refractivity contribution in [3.05, 3.63) is 88.7 Å². The molecule has 0 radical (unpaired) electrons. The van der Waals surface area contributed by atoms with Crippen LogP contribution in [0.15, 0.2) is 82.2 Å². The zero-order valence-corrected chi connectivity index (χ0v) is 16.5. The van der Waals surface area contributed by atoms with Crippen LogP contribution in [0.5, 0.6) is 5.75 Å². The highest BCUT2D eigenvalue weighted by Crippen LogP contribution is 2.25. The molecule has 4 rings (SSSR count). The summed E-state index contributed by atoms with van der Waals surface area (Å²) in [6.07, 6.45) is 0.955. The number of hydrogen-bond donors (Lipinski definition) is 0. The van der Waals surface area contributed by atoms with E-state index in [1.54, 1.807) is 7.11 Å². The number of rotatable bonds is 4. The monoisotopic (exact) mass is 389 g/mol. The van der Waals surface area contributed by atoms with Crippen molar-refractivity contribution in [2.45, 2.75) is 13.3 Å². The maximum Gasteiger partial charge on any atom is 0.136 e. The van der Waals surface area contributed by atoms with Crippen LogP contribution in [-0.2, 0) is 6.42 Å². The highest BCUT2D eigenvalue weighted by Gasteiger charge is 2.07. The fraction of sp³-hybridized carbons (Fsp3) is 0.125. The van der Waals surface area contributed by atoms with E-state index < -0.39 is 0 Å². The molecule has 0 aliphatic carbocycles. The normalized spacial score (nSPS) is 11.8.